The quantitative estimate of drug-likeness (QED) is 0.586. The molecule has 1 aliphatic heterocycles. The summed E-state index contributed by atoms with van der Waals surface area (Å²) in [6.07, 6.45) is 1.01. The predicted octanol–water partition coefficient (Wildman–Crippen LogP) is 3.30. The van der Waals surface area contributed by atoms with Crippen molar-refractivity contribution in [2.75, 3.05) is 30.1 Å². The molecule has 4 rings (SSSR count). The zero-order chi connectivity index (χ0) is 22.9. The van der Waals surface area contributed by atoms with Gasteiger partial charge in [0.25, 0.3) is 0 Å². The summed E-state index contributed by atoms with van der Waals surface area (Å²) in [6.45, 7) is 0. The average Bonchev–Trinajstić information content (AvgIpc) is 2.74. The number of nitrogens with one attached hydrogen (secondary N) is 1. The van der Waals surface area contributed by atoms with Gasteiger partial charge >= 0.3 is 5.97 Å². The molecule has 2 N–H and O–H groups in total. The SMILES string of the molecule is CN(C)c1ccc(-c2nc3c(c(Nc4ccc(CC(=O)O)cc4)n2)S(=O)(=O)CCC3)cc1. The lowest BCUT2D eigenvalue weighted by molar-refractivity contribution is -0.136. The number of aliphatic carboxylic acids is 1. The molecule has 0 saturated heterocycles. The van der Waals surface area contributed by atoms with Gasteiger partial charge in [0.15, 0.2) is 21.5 Å². The molecule has 0 unspecified atom stereocenters. The first kappa shape index (κ1) is 21.8. The van der Waals surface area contributed by atoms with Gasteiger partial charge in [0.1, 0.15) is 4.90 Å². The number of carboxylic acid groups (broad SMARTS) is 1. The Kier molecular flexibility index (Phi) is 5.84. The summed E-state index contributed by atoms with van der Waals surface area (Å²) in [5, 5.41) is 12.1. The second kappa shape index (κ2) is 8.58. The predicted molar refractivity (Wildman–Crippen MR) is 123 cm³/mol. The Hall–Kier alpha value is -3.46. The van der Waals surface area contributed by atoms with Crippen molar-refractivity contribution in [1.82, 2.24) is 9.97 Å². The summed E-state index contributed by atoms with van der Waals surface area (Å²) in [7, 11) is 0.409. The number of carboxylic acids is 1. The number of aromatic nitrogens is 2. The summed E-state index contributed by atoms with van der Waals surface area (Å²) < 4.78 is 25.7. The van der Waals surface area contributed by atoms with E-state index in [4.69, 9.17) is 5.11 Å². The molecule has 0 radical (unpaired) electrons. The number of nitrogens with zero attached hydrogens (tertiary/aromatic N) is 3. The van der Waals surface area contributed by atoms with Gasteiger partial charge in [-0.1, -0.05) is 12.1 Å². The van der Waals surface area contributed by atoms with Gasteiger partial charge in [0.2, 0.25) is 0 Å². The van der Waals surface area contributed by atoms with Crippen molar-refractivity contribution in [3.05, 3.63) is 59.8 Å². The van der Waals surface area contributed by atoms with Crippen LogP contribution in [0.15, 0.2) is 53.4 Å². The molecule has 0 spiro atoms. The summed E-state index contributed by atoms with van der Waals surface area (Å²) in [6, 6.07) is 14.6. The zero-order valence-corrected chi connectivity index (χ0v) is 18.7. The van der Waals surface area contributed by atoms with Crippen molar-refractivity contribution in [1.29, 1.82) is 0 Å². The number of anilines is 3. The fourth-order valence-corrected chi connectivity index (χ4v) is 5.29. The standard InChI is InChI=1S/C23H24N4O4S/c1-27(2)18-11-7-16(8-12-18)22-25-19-4-3-13-32(30,31)21(19)23(26-22)24-17-9-5-15(6-10-17)14-20(28)29/h5-12H,3-4,13-14H2,1-2H3,(H,28,29)(H,24,25,26). The van der Waals surface area contributed by atoms with Crippen LogP contribution < -0.4 is 10.2 Å². The number of fused-ring (bicyclic) bond motifs is 1. The fourth-order valence-electron chi connectivity index (χ4n) is 3.66. The Labute approximate surface area is 186 Å². The zero-order valence-electron chi connectivity index (χ0n) is 17.9. The van der Waals surface area contributed by atoms with Crippen LogP contribution in [0.25, 0.3) is 11.4 Å². The topological polar surface area (TPSA) is 112 Å². The summed E-state index contributed by atoms with van der Waals surface area (Å²) in [5.41, 5.74) is 3.62. The highest BCUT2D eigenvalue weighted by Gasteiger charge is 2.30. The summed E-state index contributed by atoms with van der Waals surface area (Å²) in [5.74, 6) is -0.151. The van der Waals surface area contributed by atoms with E-state index in [1.165, 1.54) is 0 Å². The van der Waals surface area contributed by atoms with Crippen LogP contribution in [0.2, 0.25) is 0 Å². The molecule has 1 aliphatic rings. The third-order valence-corrected chi connectivity index (χ3v) is 7.16. The highest BCUT2D eigenvalue weighted by molar-refractivity contribution is 7.91. The smallest absolute Gasteiger partial charge is 0.307 e. The molecule has 0 bridgehead atoms. The van der Waals surface area contributed by atoms with Gasteiger partial charge in [0, 0.05) is 31.0 Å². The third-order valence-electron chi connectivity index (χ3n) is 5.29. The Morgan fingerprint density at radius 3 is 2.38 bits per heavy atom. The number of benzene rings is 2. The maximum Gasteiger partial charge on any atom is 0.307 e. The molecular weight excluding hydrogens is 428 g/mol. The van der Waals surface area contributed by atoms with Crippen LogP contribution in [-0.4, -0.2) is 49.3 Å². The lowest BCUT2D eigenvalue weighted by Gasteiger charge is -2.20. The highest BCUT2D eigenvalue weighted by atomic mass is 32.2. The lowest BCUT2D eigenvalue weighted by atomic mass is 10.1. The molecule has 0 fully saturated rings. The van der Waals surface area contributed by atoms with Crippen molar-refractivity contribution in [2.45, 2.75) is 24.2 Å². The second-order valence-corrected chi connectivity index (χ2v) is 9.97. The maximum absolute atomic E-state index is 12.8. The van der Waals surface area contributed by atoms with Crippen molar-refractivity contribution >= 4 is 33.0 Å². The van der Waals surface area contributed by atoms with E-state index >= 15 is 0 Å². The van der Waals surface area contributed by atoms with E-state index in [1.807, 2.05) is 43.3 Å². The first-order valence-corrected chi connectivity index (χ1v) is 11.9. The van der Waals surface area contributed by atoms with Gasteiger partial charge in [-0.2, -0.15) is 0 Å². The summed E-state index contributed by atoms with van der Waals surface area (Å²) in [4.78, 5) is 22.2. The Morgan fingerprint density at radius 1 is 1.06 bits per heavy atom. The number of carbonyl (C=O) groups is 1. The van der Waals surface area contributed by atoms with E-state index in [2.05, 4.69) is 15.3 Å². The first-order chi connectivity index (χ1) is 15.2. The number of sulfone groups is 1. The monoisotopic (exact) mass is 452 g/mol. The molecule has 9 heteroatoms. The fraction of sp³-hybridized carbons (Fsp3) is 0.261. The Bertz CT molecular complexity index is 1250. The highest BCUT2D eigenvalue weighted by Crippen LogP contribution is 2.33. The lowest BCUT2D eigenvalue weighted by Crippen LogP contribution is -2.20. The maximum atomic E-state index is 12.8. The number of rotatable bonds is 6. The van der Waals surface area contributed by atoms with Gasteiger partial charge in [-0.25, -0.2) is 18.4 Å². The molecule has 0 atom stereocenters. The Balaban J connectivity index is 1.76. The van der Waals surface area contributed by atoms with Gasteiger partial charge < -0.3 is 15.3 Å². The number of aryl methyl sites for hydroxylation is 1. The summed E-state index contributed by atoms with van der Waals surface area (Å²) >= 11 is 0. The van der Waals surface area contributed by atoms with Crippen LogP contribution in [0.3, 0.4) is 0 Å². The van der Waals surface area contributed by atoms with Crippen LogP contribution >= 0.6 is 0 Å². The molecule has 0 saturated carbocycles. The van der Waals surface area contributed by atoms with Gasteiger partial charge in [-0.15, -0.1) is 0 Å². The van der Waals surface area contributed by atoms with Crippen molar-refractivity contribution in [3.63, 3.8) is 0 Å². The first-order valence-electron chi connectivity index (χ1n) is 10.2. The van der Waals surface area contributed by atoms with Crippen molar-refractivity contribution < 1.29 is 18.3 Å². The molecule has 2 heterocycles. The van der Waals surface area contributed by atoms with Gasteiger partial charge in [-0.3, -0.25) is 4.79 Å². The largest absolute Gasteiger partial charge is 0.481 e. The minimum Gasteiger partial charge on any atom is -0.481 e. The average molecular weight is 453 g/mol. The molecule has 8 nitrogen and oxygen atoms in total. The second-order valence-electron chi connectivity index (χ2n) is 7.93. The van der Waals surface area contributed by atoms with E-state index in [1.54, 1.807) is 24.3 Å². The third kappa shape index (κ3) is 4.57. The molecule has 32 heavy (non-hydrogen) atoms. The van der Waals surface area contributed by atoms with Gasteiger partial charge in [-0.05, 0) is 54.8 Å². The molecule has 2 aromatic carbocycles. The van der Waals surface area contributed by atoms with E-state index in [0.29, 0.717) is 35.6 Å². The molecule has 0 aliphatic carbocycles. The van der Waals surface area contributed by atoms with E-state index in [-0.39, 0.29) is 22.9 Å². The van der Waals surface area contributed by atoms with Gasteiger partial charge in [0.05, 0.1) is 17.9 Å². The minimum absolute atomic E-state index is 0.0620. The molecule has 166 valence electrons. The number of hydrogen-bond acceptors (Lipinski definition) is 7. The Morgan fingerprint density at radius 2 is 1.75 bits per heavy atom. The van der Waals surface area contributed by atoms with Crippen LogP contribution in [0.4, 0.5) is 17.2 Å². The van der Waals surface area contributed by atoms with Crippen molar-refractivity contribution in [3.8, 4) is 11.4 Å². The molecule has 1 aromatic heterocycles. The molecular formula is C23H24N4O4S. The molecule has 3 aromatic rings. The number of hydrogen-bond donors (Lipinski definition) is 2. The van der Waals surface area contributed by atoms with Crippen LogP contribution in [0.5, 0.6) is 0 Å². The molecule has 0 amide bonds. The van der Waals surface area contributed by atoms with Crippen LogP contribution in [0.1, 0.15) is 17.7 Å². The van der Waals surface area contributed by atoms with Crippen LogP contribution in [0, 0.1) is 0 Å². The van der Waals surface area contributed by atoms with Crippen molar-refractivity contribution in [2.24, 2.45) is 0 Å². The van der Waals surface area contributed by atoms with E-state index in [0.717, 1.165) is 11.3 Å². The minimum atomic E-state index is -3.51. The normalized spacial score (nSPS) is 14.4. The van der Waals surface area contributed by atoms with E-state index in [9.17, 15) is 13.2 Å². The van der Waals surface area contributed by atoms with E-state index < -0.39 is 15.8 Å². The van der Waals surface area contributed by atoms with Crippen LogP contribution in [-0.2, 0) is 27.5 Å².